The third-order valence-corrected chi connectivity index (χ3v) is 12.7. The van der Waals surface area contributed by atoms with Crippen LogP contribution < -0.4 is 15.5 Å². The summed E-state index contributed by atoms with van der Waals surface area (Å²) >= 11 is 0. The lowest BCUT2D eigenvalue weighted by Crippen LogP contribution is -2.43. The third kappa shape index (κ3) is 11.6. The van der Waals surface area contributed by atoms with Crippen LogP contribution in [0, 0.1) is 60.4 Å². The number of hydrogen-bond donors (Lipinski definition) is 1. The highest BCUT2D eigenvalue weighted by molar-refractivity contribution is 8.13. The maximum absolute atomic E-state index is 14.2. The third-order valence-electron chi connectivity index (χ3n) is 10.2. The summed E-state index contributed by atoms with van der Waals surface area (Å²) in [4.78, 5) is 27.3. The Balaban J connectivity index is 0.000000236. The molecule has 65 heavy (non-hydrogen) atoms. The van der Waals surface area contributed by atoms with E-state index in [0.717, 1.165) is 31.5 Å². The van der Waals surface area contributed by atoms with Crippen molar-refractivity contribution in [3.05, 3.63) is 122 Å². The molecule has 0 saturated carbocycles. The van der Waals surface area contributed by atoms with Crippen molar-refractivity contribution in [2.75, 3.05) is 28.6 Å². The number of amides is 2. The number of ether oxygens (including phenoxy) is 2. The Morgan fingerprint density at radius 2 is 0.954 bits per heavy atom. The van der Waals surface area contributed by atoms with Crippen molar-refractivity contribution < 1.29 is 71.0 Å². The molecule has 22 heteroatoms. The van der Waals surface area contributed by atoms with Crippen molar-refractivity contribution in [2.24, 2.45) is 0 Å². The highest BCUT2D eigenvalue weighted by atomic mass is 35.7. The number of halogens is 9. The minimum Gasteiger partial charge on any atom is -0.438 e. The Morgan fingerprint density at radius 3 is 1.34 bits per heavy atom. The van der Waals surface area contributed by atoms with Gasteiger partial charge in [-0.2, -0.15) is 0 Å². The number of hydrogen-bond acceptors (Lipinski definition) is 9. The quantitative estimate of drug-likeness (QED) is 0.0708. The summed E-state index contributed by atoms with van der Waals surface area (Å²) < 4.78 is 166. The molecule has 0 fully saturated rings. The van der Waals surface area contributed by atoms with Gasteiger partial charge in [0.1, 0.15) is 11.2 Å². The van der Waals surface area contributed by atoms with Gasteiger partial charge in [-0.05, 0) is 90.3 Å². The van der Waals surface area contributed by atoms with Crippen LogP contribution in [0.1, 0.15) is 93.3 Å². The van der Waals surface area contributed by atoms with Gasteiger partial charge >= 0.3 is 12.2 Å². The Labute approximate surface area is 375 Å². The summed E-state index contributed by atoms with van der Waals surface area (Å²) in [5, 5.41) is 0. The van der Waals surface area contributed by atoms with Gasteiger partial charge in [0.25, 0.3) is 0 Å². The predicted octanol–water partition coefficient (Wildman–Crippen LogP) is 10.8. The minimum atomic E-state index is -4.31. The zero-order valence-corrected chi connectivity index (χ0v) is 38.8. The lowest BCUT2D eigenvalue weighted by Gasteiger charge is -2.38. The Bertz CT molecular complexity index is 2700. The smallest absolute Gasteiger partial charge is 0.415 e. The second kappa shape index (κ2) is 19.8. The van der Waals surface area contributed by atoms with Crippen LogP contribution in [0.4, 0.5) is 61.8 Å². The van der Waals surface area contributed by atoms with Crippen molar-refractivity contribution in [3.8, 4) is 0 Å². The van der Waals surface area contributed by atoms with Crippen LogP contribution in [0.5, 0.6) is 0 Å². The number of nitrogens with two attached hydrogens (primary N) is 1. The van der Waals surface area contributed by atoms with Crippen molar-refractivity contribution in [1.82, 2.24) is 0 Å². The molecule has 0 saturated heterocycles. The van der Waals surface area contributed by atoms with Crippen LogP contribution in [0.3, 0.4) is 0 Å². The number of anilines is 3. The molecule has 6 rings (SSSR count). The minimum absolute atomic E-state index is 0.278. The number of nitrogens with zero attached hydrogens (tertiary/aromatic N) is 2. The van der Waals surface area contributed by atoms with Gasteiger partial charge < -0.3 is 15.2 Å². The zero-order chi connectivity index (χ0) is 49.3. The van der Waals surface area contributed by atoms with E-state index >= 15 is 0 Å². The highest BCUT2D eigenvalue weighted by Gasteiger charge is 2.39. The second-order valence-electron chi connectivity index (χ2n) is 16.1. The van der Waals surface area contributed by atoms with E-state index in [0.29, 0.717) is 36.4 Å². The highest BCUT2D eigenvalue weighted by Crippen LogP contribution is 2.41. The number of carbonyl (C=O) groups excluding carboxylic acids is 2. The van der Waals surface area contributed by atoms with Crippen LogP contribution in [-0.2, 0) is 56.8 Å². The first kappa shape index (κ1) is 52.5. The van der Waals surface area contributed by atoms with E-state index in [2.05, 4.69) is 0 Å². The van der Waals surface area contributed by atoms with Gasteiger partial charge in [-0.25, -0.2) is 61.5 Å². The van der Waals surface area contributed by atoms with E-state index in [1.54, 1.807) is 30.9 Å². The van der Waals surface area contributed by atoms with Gasteiger partial charge in [0.05, 0.1) is 28.6 Å². The largest absolute Gasteiger partial charge is 0.438 e. The van der Waals surface area contributed by atoms with Crippen molar-refractivity contribution in [2.45, 2.75) is 96.7 Å². The first-order chi connectivity index (χ1) is 29.9. The van der Waals surface area contributed by atoms with E-state index in [1.807, 2.05) is 45.9 Å². The number of fused-ring (bicyclic) bond motifs is 2. The first-order valence-corrected chi connectivity index (χ1v) is 24.0. The fourth-order valence-corrected chi connectivity index (χ4v) is 9.32. The van der Waals surface area contributed by atoms with E-state index < -0.39 is 122 Å². The van der Waals surface area contributed by atoms with Crippen LogP contribution in [-0.4, -0.2) is 42.1 Å². The molecule has 0 aromatic heterocycles. The summed E-state index contributed by atoms with van der Waals surface area (Å²) in [6.45, 7) is 13.8. The standard InChI is InChI=1S/C22H23F4NO4S.C13H18N2O2.C8H5ClF4O2S/c1-5-8-27-16-7-6-13(9-15(16)22(3,4)31-21(27)28)10-32(29,30)11-14-19(25)17(23)12(2)18(24)20(14)26;1-4-7-15-11-6-5-9(14)8-10(11)13(2,3)17-12(15)16;1-3-5(10)7(12)4(2-16(9,14)15)8(13)6(3)11/h6-7,9H,5,8,10-11H2,1-4H3;5-6,8H,4,7,14H2,1-3H3;2H2,1H3. The molecule has 2 N–H and O–H groups in total. The van der Waals surface area contributed by atoms with Gasteiger partial charge in [-0.1, -0.05) is 19.9 Å². The van der Waals surface area contributed by atoms with E-state index in [4.69, 9.17) is 25.9 Å². The zero-order valence-electron chi connectivity index (χ0n) is 36.4. The normalized spacial score (nSPS) is 15.2. The van der Waals surface area contributed by atoms with Gasteiger partial charge in [0.2, 0.25) is 9.05 Å². The summed E-state index contributed by atoms with van der Waals surface area (Å²) in [7, 11) is -3.77. The molecule has 11 nitrogen and oxygen atoms in total. The van der Waals surface area contributed by atoms with E-state index in [-0.39, 0.29) is 11.7 Å². The first-order valence-electron chi connectivity index (χ1n) is 19.7. The molecule has 2 heterocycles. The van der Waals surface area contributed by atoms with Crippen molar-refractivity contribution in [1.29, 1.82) is 0 Å². The monoisotopic (exact) mass is 983 g/mol. The number of benzene rings is 4. The summed E-state index contributed by atoms with van der Waals surface area (Å²) in [6.07, 6.45) is 0.763. The van der Waals surface area contributed by atoms with Crippen molar-refractivity contribution in [3.63, 3.8) is 0 Å². The topological polar surface area (TPSA) is 153 Å². The van der Waals surface area contributed by atoms with Crippen LogP contribution in [0.15, 0.2) is 36.4 Å². The van der Waals surface area contributed by atoms with Gasteiger partial charge in [-0.15, -0.1) is 0 Å². The fourth-order valence-electron chi connectivity index (χ4n) is 6.91. The molecule has 2 aliphatic heterocycles. The Kier molecular flexibility index (Phi) is 15.9. The molecule has 0 unspecified atom stereocenters. The lowest BCUT2D eigenvalue weighted by molar-refractivity contribution is 0.0342. The second-order valence-corrected chi connectivity index (χ2v) is 21.0. The molecule has 4 aromatic carbocycles. The van der Waals surface area contributed by atoms with E-state index in [1.165, 1.54) is 11.0 Å². The number of cyclic esters (lactones) is 2. The molecule has 2 aliphatic rings. The lowest BCUT2D eigenvalue weighted by atomic mass is 9.92. The number of nitrogen functional groups attached to an aromatic ring is 1. The molecule has 356 valence electrons. The molecule has 4 aromatic rings. The fraction of sp³-hybridized carbons (Fsp3) is 0.395. The average Bonchev–Trinajstić information content (AvgIpc) is 3.21. The molecule has 0 spiro atoms. The molecular weight excluding hydrogens is 938 g/mol. The molecular formula is C43H46ClF8N3O8S2. The van der Waals surface area contributed by atoms with Gasteiger partial charge in [0.15, 0.2) is 56.4 Å². The number of carbonyl (C=O) groups is 2. The molecule has 0 atom stereocenters. The Hall–Kier alpha value is -5.15. The maximum atomic E-state index is 14.2. The summed E-state index contributed by atoms with van der Waals surface area (Å²) in [5.74, 6) is -16.6. The molecule has 0 radical (unpaired) electrons. The van der Waals surface area contributed by atoms with Crippen LogP contribution >= 0.6 is 10.7 Å². The average molecular weight is 984 g/mol. The Morgan fingerprint density at radius 1 is 0.585 bits per heavy atom. The van der Waals surface area contributed by atoms with E-state index in [9.17, 15) is 61.5 Å². The summed E-state index contributed by atoms with van der Waals surface area (Å²) in [6, 6.07) is 10.2. The number of rotatable bonds is 10. The van der Waals surface area contributed by atoms with Crippen molar-refractivity contribution >= 4 is 58.8 Å². The molecule has 2 amide bonds. The van der Waals surface area contributed by atoms with Gasteiger partial charge in [-0.3, -0.25) is 9.80 Å². The van der Waals surface area contributed by atoms with Crippen LogP contribution in [0.25, 0.3) is 0 Å². The van der Waals surface area contributed by atoms with Gasteiger partial charge in [0, 0.05) is 62.8 Å². The maximum Gasteiger partial charge on any atom is 0.415 e. The van der Waals surface area contributed by atoms with Crippen LogP contribution in [0.2, 0.25) is 0 Å². The summed E-state index contributed by atoms with van der Waals surface area (Å²) in [5.41, 5.74) is 4.00. The predicted molar refractivity (Wildman–Crippen MR) is 228 cm³/mol. The molecule has 0 bridgehead atoms. The SMILES string of the molecule is CCCN1C(=O)OC(C)(C)c2cc(CS(=O)(=O)Cc3c(F)c(F)c(C)c(F)c3F)ccc21.CCCN1C(=O)OC(C)(C)c2cc(N)ccc21.Cc1c(F)c(F)c(CS(=O)(=O)Cl)c(F)c1F. The number of sulfone groups is 1. The molecule has 0 aliphatic carbocycles.